The van der Waals surface area contributed by atoms with Crippen molar-refractivity contribution >= 4 is 0 Å². The third kappa shape index (κ3) is 1.65. The molecule has 0 aliphatic heterocycles. The molecule has 1 aromatic carbocycles. The van der Waals surface area contributed by atoms with Gasteiger partial charge >= 0.3 is 0 Å². The second-order valence-corrected chi connectivity index (χ2v) is 2.83. The van der Waals surface area contributed by atoms with Crippen molar-refractivity contribution in [2.75, 3.05) is 0 Å². The van der Waals surface area contributed by atoms with Crippen molar-refractivity contribution in [1.82, 2.24) is 4.98 Å². The standard InChI is InChI=1S/C10H9FN2O/c11-8-3-1-2-7(4-8)9-6-13-10(5-12)14-9/h1-4,6H,5,12H2. The molecule has 0 atom stereocenters. The first-order valence-electron chi connectivity index (χ1n) is 4.20. The van der Waals surface area contributed by atoms with Crippen LogP contribution in [0, 0.1) is 5.82 Å². The summed E-state index contributed by atoms with van der Waals surface area (Å²) in [6, 6.07) is 6.14. The van der Waals surface area contributed by atoms with Gasteiger partial charge in [0, 0.05) is 5.56 Å². The van der Waals surface area contributed by atoms with E-state index < -0.39 is 0 Å². The average Bonchev–Trinajstić information content (AvgIpc) is 2.66. The molecule has 4 heteroatoms. The summed E-state index contributed by atoms with van der Waals surface area (Å²) in [5.74, 6) is 0.683. The minimum absolute atomic E-state index is 0.245. The van der Waals surface area contributed by atoms with Gasteiger partial charge in [0.2, 0.25) is 5.89 Å². The molecule has 0 saturated carbocycles. The molecule has 0 saturated heterocycles. The zero-order chi connectivity index (χ0) is 9.97. The molecule has 14 heavy (non-hydrogen) atoms. The topological polar surface area (TPSA) is 52.0 Å². The van der Waals surface area contributed by atoms with Crippen LogP contribution in [0.15, 0.2) is 34.9 Å². The van der Waals surface area contributed by atoms with Crippen LogP contribution in [0.5, 0.6) is 0 Å². The molecule has 2 aromatic rings. The monoisotopic (exact) mass is 192 g/mol. The van der Waals surface area contributed by atoms with E-state index in [0.717, 1.165) is 0 Å². The van der Waals surface area contributed by atoms with E-state index >= 15 is 0 Å². The fourth-order valence-electron chi connectivity index (χ4n) is 1.18. The molecule has 0 unspecified atom stereocenters. The SMILES string of the molecule is NCc1ncc(-c2cccc(F)c2)o1. The highest BCUT2D eigenvalue weighted by Crippen LogP contribution is 2.20. The summed E-state index contributed by atoms with van der Waals surface area (Å²) in [7, 11) is 0. The summed E-state index contributed by atoms with van der Waals surface area (Å²) in [4.78, 5) is 3.93. The van der Waals surface area contributed by atoms with Crippen molar-refractivity contribution in [1.29, 1.82) is 0 Å². The van der Waals surface area contributed by atoms with E-state index in [-0.39, 0.29) is 12.4 Å². The lowest BCUT2D eigenvalue weighted by Crippen LogP contribution is -1.94. The van der Waals surface area contributed by atoms with Gasteiger partial charge in [0.25, 0.3) is 0 Å². The van der Waals surface area contributed by atoms with Crippen molar-refractivity contribution in [3.63, 3.8) is 0 Å². The van der Waals surface area contributed by atoms with Crippen molar-refractivity contribution in [3.8, 4) is 11.3 Å². The summed E-state index contributed by atoms with van der Waals surface area (Å²) >= 11 is 0. The van der Waals surface area contributed by atoms with E-state index in [2.05, 4.69) is 4.98 Å². The van der Waals surface area contributed by atoms with Gasteiger partial charge in [0.1, 0.15) is 5.82 Å². The van der Waals surface area contributed by atoms with Crippen LogP contribution in [-0.2, 0) is 6.54 Å². The van der Waals surface area contributed by atoms with Crippen LogP contribution in [0.1, 0.15) is 5.89 Å². The van der Waals surface area contributed by atoms with Crippen molar-refractivity contribution in [2.24, 2.45) is 5.73 Å². The Morgan fingerprint density at radius 1 is 1.43 bits per heavy atom. The molecule has 0 bridgehead atoms. The van der Waals surface area contributed by atoms with Crippen LogP contribution in [0.2, 0.25) is 0 Å². The predicted molar refractivity (Wildman–Crippen MR) is 49.8 cm³/mol. The molecule has 72 valence electrons. The molecule has 1 heterocycles. The van der Waals surface area contributed by atoms with Crippen LogP contribution < -0.4 is 5.73 Å². The lowest BCUT2D eigenvalue weighted by atomic mass is 10.2. The largest absolute Gasteiger partial charge is 0.439 e. The molecule has 0 fully saturated rings. The van der Waals surface area contributed by atoms with Gasteiger partial charge in [-0.15, -0.1) is 0 Å². The van der Waals surface area contributed by atoms with E-state index in [1.54, 1.807) is 12.1 Å². The molecule has 3 nitrogen and oxygen atoms in total. The highest BCUT2D eigenvalue weighted by Gasteiger charge is 2.05. The Hall–Kier alpha value is -1.68. The first kappa shape index (κ1) is 8.90. The van der Waals surface area contributed by atoms with Gasteiger partial charge in [-0.2, -0.15) is 0 Å². The number of aromatic nitrogens is 1. The zero-order valence-corrected chi connectivity index (χ0v) is 7.40. The third-order valence-corrected chi connectivity index (χ3v) is 1.84. The van der Waals surface area contributed by atoms with Crippen LogP contribution in [0.4, 0.5) is 4.39 Å². The number of nitrogens with zero attached hydrogens (tertiary/aromatic N) is 1. The number of benzene rings is 1. The maximum absolute atomic E-state index is 12.9. The van der Waals surface area contributed by atoms with Crippen molar-refractivity contribution < 1.29 is 8.81 Å². The average molecular weight is 192 g/mol. The summed E-state index contributed by atoms with van der Waals surface area (Å²) < 4.78 is 18.1. The Morgan fingerprint density at radius 2 is 2.29 bits per heavy atom. The first-order valence-corrected chi connectivity index (χ1v) is 4.20. The van der Waals surface area contributed by atoms with Crippen LogP contribution in [-0.4, -0.2) is 4.98 Å². The van der Waals surface area contributed by atoms with E-state index in [0.29, 0.717) is 17.2 Å². The number of hydrogen-bond acceptors (Lipinski definition) is 3. The van der Waals surface area contributed by atoms with Gasteiger partial charge in [-0.3, -0.25) is 0 Å². The fraction of sp³-hybridized carbons (Fsp3) is 0.100. The maximum atomic E-state index is 12.9. The lowest BCUT2D eigenvalue weighted by molar-refractivity contribution is 0.509. The number of nitrogens with two attached hydrogens (primary N) is 1. The van der Waals surface area contributed by atoms with E-state index in [1.807, 2.05) is 0 Å². The summed E-state index contributed by atoms with van der Waals surface area (Å²) in [5, 5.41) is 0. The van der Waals surface area contributed by atoms with Gasteiger partial charge in [-0.05, 0) is 12.1 Å². The Balaban J connectivity index is 2.39. The molecule has 2 rings (SSSR count). The van der Waals surface area contributed by atoms with Gasteiger partial charge < -0.3 is 10.2 Å². The number of halogens is 1. The summed E-state index contributed by atoms with van der Waals surface area (Å²) in [5.41, 5.74) is 6.00. The smallest absolute Gasteiger partial charge is 0.208 e. The van der Waals surface area contributed by atoms with Crippen LogP contribution >= 0.6 is 0 Å². The Morgan fingerprint density at radius 3 is 2.93 bits per heavy atom. The van der Waals surface area contributed by atoms with Crippen molar-refractivity contribution in [2.45, 2.75) is 6.54 Å². The molecule has 0 radical (unpaired) electrons. The number of hydrogen-bond donors (Lipinski definition) is 1. The second-order valence-electron chi connectivity index (χ2n) is 2.83. The van der Waals surface area contributed by atoms with Crippen molar-refractivity contribution in [3.05, 3.63) is 42.2 Å². The molecule has 0 aliphatic carbocycles. The molecule has 0 aliphatic rings. The highest BCUT2D eigenvalue weighted by atomic mass is 19.1. The Bertz CT molecular complexity index is 439. The fourth-order valence-corrected chi connectivity index (χ4v) is 1.18. The maximum Gasteiger partial charge on any atom is 0.208 e. The molecule has 0 amide bonds. The minimum Gasteiger partial charge on any atom is -0.439 e. The van der Waals surface area contributed by atoms with Gasteiger partial charge in [0.05, 0.1) is 12.7 Å². The Kier molecular flexibility index (Phi) is 2.28. The lowest BCUT2D eigenvalue weighted by Gasteiger charge is -1.95. The van der Waals surface area contributed by atoms with Gasteiger partial charge in [-0.1, -0.05) is 12.1 Å². The number of oxazole rings is 1. The molecular weight excluding hydrogens is 183 g/mol. The van der Waals surface area contributed by atoms with E-state index in [1.165, 1.54) is 18.3 Å². The molecular formula is C10H9FN2O. The minimum atomic E-state index is -0.298. The quantitative estimate of drug-likeness (QED) is 0.791. The summed E-state index contributed by atoms with van der Waals surface area (Å²) in [6.07, 6.45) is 1.54. The van der Waals surface area contributed by atoms with Crippen LogP contribution in [0.3, 0.4) is 0 Å². The normalized spacial score (nSPS) is 10.4. The number of rotatable bonds is 2. The summed E-state index contributed by atoms with van der Waals surface area (Å²) in [6.45, 7) is 0.245. The second kappa shape index (κ2) is 3.59. The Labute approximate surface area is 80.4 Å². The highest BCUT2D eigenvalue weighted by molar-refractivity contribution is 5.55. The van der Waals surface area contributed by atoms with Gasteiger partial charge in [0.15, 0.2) is 5.76 Å². The molecule has 2 N–H and O–H groups in total. The van der Waals surface area contributed by atoms with Crippen LogP contribution in [0.25, 0.3) is 11.3 Å². The van der Waals surface area contributed by atoms with E-state index in [4.69, 9.17) is 10.2 Å². The first-order chi connectivity index (χ1) is 6.79. The predicted octanol–water partition coefficient (Wildman–Crippen LogP) is 1.94. The molecule has 0 spiro atoms. The van der Waals surface area contributed by atoms with Gasteiger partial charge in [-0.25, -0.2) is 9.37 Å². The molecule has 1 aromatic heterocycles. The third-order valence-electron chi connectivity index (χ3n) is 1.84. The zero-order valence-electron chi connectivity index (χ0n) is 7.40. The van der Waals surface area contributed by atoms with E-state index in [9.17, 15) is 4.39 Å².